The third-order valence-electron chi connectivity index (χ3n) is 1.59. The van der Waals surface area contributed by atoms with E-state index in [2.05, 4.69) is 24.3 Å². The van der Waals surface area contributed by atoms with Crippen molar-refractivity contribution in [1.29, 1.82) is 0 Å². The molecule has 0 unspecified atom stereocenters. The molecule has 1 radical (unpaired) electrons. The Morgan fingerprint density at radius 3 is 2.25 bits per heavy atom. The average molecular weight is 231 g/mol. The molecule has 1 heteroatoms. The maximum absolute atomic E-state index is 3.04. The molecule has 12 heavy (non-hydrogen) atoms. The topological polar surface area (TPSA) is 0 Å². The predicted octanol–water partition coefficient (Wildman–Crippen LogP) is 3.09. The molecule has 0 aliphatic carbocycles. The smallest absolute Gasteiger partial charge is 0 e. The van der Waals surface area contributed by atoms with E-state index in [4.69, 9.17) is 0 Å². The molecule has 0 aliphatic heterocycles. The van der Waals surface area contributed by atoms with E-state index in [1.54, 1.807) is 0 Å². The molecule has 0 bridgehead atoms. The van der Waals surface area contributed by atoms with Gasteiger partial charge in [0.1, 0.15) is 0 Å². The fourth-order valence-electron chi connectivity index (χ4n) is 1.07. The van der Waals surface area contributed by atoms with Gasteiger partial charge in [-0.15, -0.1) is 16.8 Å². The Morgan fingerprint density at radius 1 is 0.917 bits per heavy atom. The van der Waals surface area contributed by atoms with Gasteiger partial charge in [0.2, 0.25) is 0 Å². The quantitative estimate of drug-likeness (QED) is 0.611. The van der Waals surface area contributed by atoms with Crippen molar-refractivity contribution in [2.75, 3.05) is 0 Å². The van der Waals surface area contributed by atoms with Gasteiger partial charge >= 0.3 is 0 Å². The van der Waals surface area contributed by atoms with Gasteiger partial charge in [0, 0.05) is 32.7 Å². The molecule has 0 spiro atoms. The van der Waals surface area contributed by atoms with Crippen LogP contribution >= 0.6 is 0 Å². The summed E-state index contributed by atoms with van der Waals surface area (Å²) in [5.74, 6) is 0. The zero-order valence-electron chi connectivity index (χ0n) is 7.12. The summed E-state index contributed by atoms with van der Waals surface area (Å²) in [7, 11) is 0. The standard InChI is InChI=1S/C10H7.CH3.Y/c1-2-6-10-8-4-3-7-9(10)5-1;;/h1-3,5-8H;1H3;/q2*-1;. The van der Waals surface area contributed by atoms with Gasteiger partial charge in [-0.3, -0.25) is 0 Å². The van der Waals surface area contributed by atoms with Crippen molar-refractivity contribution in [2.24, 2.45) is 0 Å². The number of benzene rings is 2. The van der Waals surface area contributed by atoms with Gasteiger partial charge < -0.3 is 7.43 Å². The van der Waals surface area contributed by atoms with Crippen LogP contribution in [0.1, 0.15) is 0 Å². The van der Waals surface area contributed by atoms with Crippen molar-refractivity contribution in [3.8, 4) is 0 Å². The summed E-state index contributed by atoms with van der Waals surface area (Å²) in [6.45, 7) is 0. The van der Waals surface area contributed by atoms with Crippen LogP contribution in [0.2, 0.25) is 0 Å². The minimum atomic E-state index is 0. The van der Waals surface area contributed by atoms with Crippen LogP contribution in [0.25, 0.3) is 10.8 Å². The van der Waals surface area contributed by atoms with Gasteiger partial charge in [-0.25, -0.2) is 0 Å². The zero-order chi connectivity index (χ0) is 6.81. The molecule has 2 aromatic rings. The molecular formula is C11H10Y-2. The number of hydrogen-bond acceptors (Lipinski definition) is 0. The first-order chi connectivity index (χ1) is 4.97. The van der Waals surface area contributed by atoms with Crippen molar-refractivity contribution in [3.05, 3.63) is 56.0 Å². The average Bonchev–Trinajstić information content (AvgIpc) is 2.05. The molecule has 0 saturated carbocycles. The maximum Gasteiger partial charge on any atom is 0 e. The van der Waals surface area contributed by atoms with Gasteiger partial charge in [-0.1, -0.05) is 18.2 Å². The summed E-state index contributed by atoms with van der Waals surface area (Å²) in [6.07, 6.45) is 0. The molecule has 0 saturated heterocycles. The van der Waals surface area contributed by atoms with Crippen molar-refractivity contribution < 1.29 is 32.7 Å². The van der Waals surface area contributed by atoms with E-state index < -0.39 is 0 Å². The minimum Gasteiger partial charge on any atom is -0.358 e. The van der Waals surface area contributed by atoms with Crippen LogP contribution in [0, 0.1) is 13.5 Å². The van der Waals surface area contributed by atoms with Crippen molar-refractivity contribution in [3.63, 3.8) is 0 Å². The van der Waals surface area contributed by atoms with Crippen LogP contribution < -0.4 is 0 Å². The summed E-state index contributed by atoms with van der Waals surface area (Å²) in [5, 5.41) is 2.53. The number of hydrogen-bond donors (Lipinski definition) is 0. The molecule has 0 aliphatic rings. The van der Waals surface area contributed by atoms with E-state index >= 15 is 0 Å². The molecule has 2 rings (SSSR count). The Labute approximate surface area is 98.9 Å². The van der Waals surface area contributed by atoms with E-state index in [-0.39, 0.29) is 40.1 Å². The van der Waals surface area contributed by atoms with Crippen molar-refractivity contribution in [1.82, 2.24) is 0 Å². The Kier molecular flexibility index (Phi) is 5.36. The normalized spacial score (nSPS) is 8.33. The predicted molar refractivity (Wildman–Crippen MR) is 49.2 cm³/mol. The third-order valence-corrected chi connectivity index (χ3v) is 1.59. The second-order valence-corrected chi connectivity index (χ2v) is 2.27. The molecule has 0 aromatic heterocycles. The first kappa shape index (κ1) is 11.8. The van der Waals surface area contributed by atoms with Gasteiger partial charge in [0.05, 0.1) is 0 Å². The van der Waals surface area contributed by atoms with Crippen LogP contribution in [0.5, 0.6) is 0 Å². The van der Waals surface area contributed by atoms with Crippen LogP contribution in [0.15, 0.2) is 42.5 Å². The van der Waals surface area contributed by atoms with E-state index in [9.17, 15) is 0 Å². The van der Waals surface area contributed by atoms with Gasteiger partial charge in [0.15, 0.2) is 0 Å². The van der Waals surface area contributed by atoms with Gasteiger partial charge in [0.25, 0.3) is 0 Å². The fraction of sp³-hybridized carbons (Fsp3) is 0. The molecule has 0 amide bonds. The van der Waals surface area contributed by atoms with Crippen LogP contribution in [0.3, 0.4) is 0 Å². The summed E-state index contributed by atoms with van der Waals surface area (Å²) in [5.41, 5.74) is 0. The molecule has 0 heterocycles. The van der Waals surface area contributed by atoms with Crippen LogP contribution in [-0.4, -0.2) is 0 Å². The molecule has 2 aromatic carbocycles. The monoisotopic (exact) mass is 231 g/mol. The van der Waals surface area contributed by atoms with Crippen molar-refractivity contribution in [2.45, 2.75) is 0 Å². The van der Waals surface area contributed by atoms with E-state index in [0.717, 1.165) is 0 Å². The second kappa shape index (κ2) is 5.45. The largest absolute Gasteiger partial charge is 0.358 e. The van der Waals surface area contributed by atoms with Gasteiger partial charge in [-0.2, -0.15) is 24.3 Å². The molecular weight excluding hydrogens is 221 g/mol. The zero-order valence-corrected chi connectivity index (χ0v) is 9.96. The Bertz CT molecular complexity index is 276. The third kappa shape index (κ3) is 2.40. The maximum atomic E-state index is 3.04. The van der Waals surface area contributed by atoms with Crippen LogP contribution in [-0.2, 0) is 32.7 Å². The Balaban J connectivity index is 0.000000605. The fourth-order valence-corrected chi connectivity index (χ4v) is 1.07. The Hall–Kier alpha value is -0.196. The second-order valence-electron chi connectivity index (χ2n) is 2.27. The summed E-state index contributed by atoms with van der Waals surface area (Å²) < 4.78 is 0. The summed E-state index contributed by atoms with van der Waals surface area (Å²) in [4.78, 5) is 0. The Morgan fingerprint density at radius 2 is 1.58 bits per heavy atom. The molecule has 59 valence electrons. The number of fused-ring (bicyclic) bond motifs is 1. The van der Waals surface area contributed by atoms with Crippen molar-refractivity contribution >= 4 is 10.8 Å². The molecule has 0 N–H and O–H groups in total. The first-order valence-corrected chi connectivity index (χ1v) is 3.32. The number of rotatable bonds is 0. The summed E-state index contributed by atoms with van der Waals surface area (Å²) in [6, 6.07) is 17.3. The molecule has 0 fully saturated rings. The van der Waals surface area contributed by atoms with E-state index in [1.807, 2.05) is 24.3 Å². The SMILES string of the molecule is [CH3-].[Y].[c-]1ccc2ccccc2c1. The van der Waals surface area contributed by atoms with Gasteiger partial charge in [-0.05, 0) is 0 Å². The molecule has 0 atom stereocenters. The van der Waals surface area contributed by atoms with E-state index in [0.29, 0.717) is 0 Å². The first-order valence-electron chi connectivity index (χ1n) is 3.32. The summed E-state index contributed by atoms with van der Waals surface area (Å²) >= 11 is 0. The van der Waals surface area contributed by atoms with Crippen LogP contribution in [0.4, 0.5) is 0 Å². The van der Waals surface area contributed by atoms with E-state index in [1.165, 1.54) is 10.8 Å². The molecule has 0 nitrogen and oxygen atoms in total. The minimum absolute atomic E-state index is 0.